The molecule has 2 atom stereocenters. The van der Waals surface area contributed by atoms with Gasteiger partial charge in [0.05, 0.1) is 11.8 Å². The Bertz CT molecular complexity index is 801. The van der Waals surface area contributed by atoms with Crippen LogP contribution in [0.5, 0.6) is 0 Å². The van der Waals surface area contributed by atoms with Gasteiger partial charge in [-0.1, -0.05) is 0 Å². The summed E-state index contributed by atoms with van der Waals surface area (Å²) in [7, 11) is 0. The molecule has 6 nitrogen and oxygen atoms in total. The van der Waals surface area contributed by atoms with Gasteiger partial charge in [-0.3, -0.25) is 14.6 Å². The first-order valence-electron chi connectivity index (χ1n) is 9.53. The molecule has 140 valence electrons. The van der Waals surface area contributed by atoms with E-state index < -0.39 is 0 Å². The SMILES string of the molecule is O=C(NCc1ccncc1)C1CC1C(=O)Nc1ccc(N2CCCC2)cc1. The van der Waals surface area contributed by atoms with Crippen LogP contribution in [0.25, 0.3) is 0 Å². The van der Waals surface area contributed by atoms with Gasteiger partial charge in [0.2, 0.25) is 11.8 Å². The molecule has 2 aromatic rings. The third kappa shape index (κ3) is 4.27. The van der Waals surface area contributed by atoms with Crippen molar-refractivity contribution in [2.45, 2.75) is 25.8 Å². The minimum Gasteiger partial charge on any atom is -0.372 e. The lowest BCUT2D eigenvalue weighted by atomic mass is 10.2. The molecule has 2 aliphatic rings. The summed E-state index contributed by atoms with van der Waals surface area (Å²) in [5.41, 5.74) is 2.98. The fraction of sp³-hybridized carbons (Fsp3) is 0.381. The lowest BCUT2D eigenvalue weighted by Gasteiger charge is -2.17. The number of anilines is 2. The van der Waals surface area contributed by atoms with Crippen LogP contribution in [0.2, 0.25) is 0 Å². The second kappa shape index (κ2) is 7.78. The van der Waals surface area contributed by atoms with Crippen LogP contribution in [-0.4, -0.2) is 29.9 Å². The van der Waals surface area contributed by atoms with Gasteiger partial charge in [0.15, 0.2) is 0 Å². The Morgan fingerprint density at radius 3 is 2.33 bits per heavy atom. The number of hydrogen-bond acceptors (Lipinski definition) is 4. The Hall–Kier alpha value is -2.89. The van der Waals surface area contributed by atoms with Gasteiger partial charge in [0, 0.05) is 43.4 Å². The van der Waals surface area contributed by atoms with Crippen molar-refractivity contribution in [3.8, 4) is 0 Å². The molecule has 2 fully saturated rings. The molecule has 1 saturated heterocycles. The number of rotatable bonds is 6. The van der Waals surface area contributed by atoms with E-state index in [-0.39, 0.29) is 23.7 Å². The number of aromatic nitrogens is 1. The molecule has 0 bridgehead atoms. The quantitative estimate of drug-likeness (QED) is 0.826. The fourth-order valence-electron chi connectivity index (χ4n) is 3.56. The summed E-state index contributed by atoms with van der Waals surface area (Å²) < 4.78 is 0. The van der Waals surface area contributed by atoms with Crippen LogP contribution >= 0.6 is 0 Å². The molecule has 1 aromatic carbocycles. The summed E-state index contributed by atoms with van der Waals surface area (Å²) in [4.78, 5) is 30.9. The Kier molecular flexibility index (Phi) is 5.05. The van der Waals surface area contributed by atoms with E-state index in [0.717, 1.165) is 24.3 Å². The highest BCUT2D eigenvalue weighted by Crippen LogP contribution is 2.39. The molecule has 1 aliphatic carbocycles. The van der Waals surface area contributed by atoms with E-state index >= 15 is 0 Å². The topological polar surface area (TPSA) is 74.3 Å². The van der Waals surface area contributed by atoms with Gasteiger partial charge in [0.1, 0.15) is 0 Å². The number of pyridine rings is 1. The Morgan fingerprint density at radius 1 is 0.963 bits per heavy atom. The minimum absolute atomic E-state index is 0.0589. The maximum Gasteiger partial charge on any atom is 0.228 e. The van der Waals surface area contributed by atoms with Crippen molar-refractivity contribution in [3.05, 3.63) is 54.4 Å². The van der Waals surface area contributed by atoms with Crippen molar-refractivity contribution in [1.29, 1.82) is 0 Å². The molecule has 1 aromatic heterocycles. The van der Waals surface area contributed by atoms with E-state index in [0.29, 0.717) is 13.0 Å². The Labute approximate surface area is 159 Å². The molecule has 1 saturated carbocycles. The lowest BCUT2D eigenvalue weighted by Crippen LogP contribution is -2.27. The number of hydrogen-bond donors (Lipinski definition) is 2. The molecule has 0 radical (unpaired) electrons. The van der Waals surface area contributed by atoms with Crippen LogP contribution in [-0.2, 0) is 16.1 Å². The van der Waals surface area contributed by atoms with Crippen molar-refractivity contribution in [1.82, 2.24) is 10.3 Å². The zero-order valence-electron chi connectivity index (χ0n) is 15.2. The number of benzene rings is 1. The van der Waals surface area contributed by atoms with Crippen molar-refractivity contribution >= 4 is 23.2 Å². The van der Waals surface area contributed by atoms with Gasteiger partial charge in [-0.05, 0) is 61.2 Å². The van der Waals surface area contributed by atoms with E-state index in [1.807, 2.05) is 36.4 Å². The van der Waals surface area contributed by atoms with Crippen LogP contribution in [0.1, 0.15) is 24.8 Å². The second-order valence-corrected chi connectivity index (χ2v) is 7.25. The summed E-state index contributed by atoms with van der Waals surface area (Å²) in [5, 5.41) is 5.83. The molecule has 2 unspecified atom stereocenters. The van der Waals surface area contributed by atoms with Crippen molar-refractivity contribution in [3.63, 3.8) is 0 Å². The summed E-state index contributed by atoms with van der Waals surface area (Å²) >= 11 is 0. The van der Waals surface area contributed by atoms with E-state index in [9.17, 15) is 9.59 Å². The number of nitrogens with zero attached hydrogens (tertiary/aromatic N) is 2. The summed E-state index contributed by atoms with van der Waals surface area (Å²) in [6, 6.07) is 11.7. The standard InChI is InChI=1S/C21H24N4O2/c26-20(23-14-15-7-9-22-10-8-15)18-13-19(18)21(27)24-16-3-5-17(6-4-16)25-11-1-2-12-25/h3-10,18-19H,1-2,11-14H2,(H,23,26)(H,24,27). The number of amides is 2. The highest BCUT2D eigenvalue weighted by atomic mass is 16.2. The Balaban J connectivity index is 1.25. The summed E-state index contributed by atoms with van der Waals surface area (Å²) in [6.45, 7) is 2.66. The maximum atomic E-state index is 12.4. The first-order chi connectivity index (χ1) is 13.2. The van der Waals surface area contributed by atoms with Crippen molar-refractivity contribution in [2.75, 3.05) is 23.3 Å². The normalized spacial score (nSPS) is 21.0. The van der Waals surface area contributed by atoms with E-state index in [4.69, 9.17) is 0 Å². The largest absolute Gasteiger partial charge is 0.372 e. The third-order valence-electron chi connectivity index (χ3n) is 5.29. The first-order valence-corrected chi connectivity index (χ1v) is 9.53. The van der Waals surface area contributed by atoms with Gasteiger partial charge in [-0.15, -0.1) is 0 Å². The van der Waals surface area contributed by atoms with Crippen molar-refractivity contribution in [2.24, 2.45) is 11.8 Å². The van der Waals surface area contributed by atoms with Gasteiger partial charge < -0.3 is 15.5 Å². The summed E-state index contributed by atoms with van der Waals surface area (Å²) in [5.74, 6) is -0.597. The molecular formula is C21H24N4O2. The van der Waals surface area contributed by atoms with E-state index in [1.54, 1.807) is 12.4 Å². The highest BCUT2D eigenvalue weighted by Gasteiger charge is 2.47. The summed E-state index contributed by atoms with van der Waals surface area (Å²) in [6.07, 6.45) is 6.49. The number of carbonyl (C=O) groups is 2. The van der Waals surface area contributed by atoms with Gasteiger partial charge >= 0.3 is 0 Å². The molecule has 2 heterocycles. The van der Waals surface area contributed by atoms with Crippen LogP contribution in [0, 0.1) is 11.8 Å². The third-order valence-corrected chi connectivity index (χ3v) is 5.29. The van der Waals surface area contributed by atoms with Crippen LogP contribution in [0.4, 0.5) is 11.4 Å². The molecule has 2 amide bonds. The van der Waals surface area contributed by atoms with Crippen LogP contribution in [0.3, 0.4) is 0 Å². The lowest BCUT2D eigenvalue weighted by molar-refractivity contribution is -0.125. The highest BCUT2D eigenvalue weighted by molar-refractivity contribution is 5.99. The maximum absolute atomic E-state index is 12.4. The van der Waals surface area contributed by atoms with Gasteiger partial charge in [-0.2, -0.15) is 0 Å². The monoisotopic (exact) mass is 364 g/mol. The zero-order valence-corrected chi connectivity index (χ0v) is 15.2. The molecule has 27 heavy (non-hydrogen) atoms. The number of nitrogens with one attached hydrogen (secondary N) is 2. The molecule has 1 aliphatic heterocycles. The Morgan fingerprint density at radius 2 is 1.63 bits per heavy atom. The number of carbonyl (C=O) groups excluding carboxylic acids is 2. The molecular weight excluding hydrogens is 340 g/mol. The smallest absolute Gasteiger partial charge is 0.228 e. The molecule has 4 rings (SSSR count). The predicted molar refractivity (Wildman–Crippen MR) is 104 cm³/mol. The molecule has 2 N–H and O–H groups in total. The predicted octanol–water partition coefficient (Wildman–Crippen LogP) is 2.57. The molecule has 6 heteroatoms. The van der Waals surface area contributed by atoms with Crippen LogP contribution in [0.15, 0.2) is 48.8 Å². The van der Waals surface area contributed by atoms with E-state index in [2.05, 4.69) is 20.5 Å². The van der Waals surface area contributed by atoms with E-state index in [1.165, 1.54) is 18.5 Å². The van der Waals surface area contributed by atoms with Crippen molar-refractivity contribution < 1.29 is 9.59 Å². The van der Waals surface area contributed by atoms with Gasteiger partial charge in [0.25, 0.3) is 0 Å². The minimum atomic E-state index is -0.235. The molecule has 0 spiro atoms. The second-order valence-electron chi connectivity index (χ2n) is 7.25. The average Bonchev–Trinajstić information content (AvgIpc) is 3.33. The fourth-order valence-corrected chi connectivity index (χ4v) is 3.56. The van der Waals surface area contributed by atoms with Gasteiger partial charge in [-0.25, -0.2) is 0 Å². The van der Waals surface area contributed by atoms with Crippen LogP contribution < -0.4 is 15.5 Å². The average molecular weight is 364 g/mol. The zero-order chi connectivity index (χ0) is 18.6. The first kappa shape index (κ1) is 17.5.